The minimum Gasteiger partial charge on any atom is -0.483 e. The fraction of sp³-hybridized carbons (Fsp3) is 0.500. The van der Waals surface area contributed by atoms with Gasteiger partial charge in [-0.1, -0.05) is 0 Å². The van der Waals surface area contributed by atoms with E-state index in [1.807, 2.05) is 25.5 Å². The fourth-order valence-corrected chi connectivity index (χ4v) is 2.64. The van der Waals surface area contributed by atoms with Crippen LogP contribution < -0.4 is 10.1 Å². The van der Waals surface area contributed by atoms with Crippen LogP contribution in [-0.4, -0.2) is 40.1 Å². The molecule has 2 aromatic rings. The summed E-state index contributed by atoms with van der Waals surface area (Å²) in [6, 6.07) is 4.39. The molecule has 1 aliphatic heterocycles. The fourth-order valence-electron chi connectivity index (χ4n) is 2.64. The van der Waals surface area contributed by atoms with Crippen LogP contribution in [0.15, 0.2) is 30.7 Å². The van der Waals surface area contributed by atoms with Crippen LogP contribution >= 0.6 is 0 Å². The Morgan fingerprint density at radius 2 is 2.32 bits per heavy atom. The van der Waals surface area contributed by atoms with E-state index >= 15 is 0 Å². The molecule has 1 unspecified atom stereocenters. The Hall–Kier alpha value is -1.92. The summed E-state index contributed by atoms with van der Waals surface area (Å²) in [7, 11) is 1.87. The molecule has 3 atom stereocenters. The van der Waals surface area contributed by atoms with Crippen LogP contribution in [0, 0.1) is 6.92 Å². The summed E-state index contributed by atoms with van der Waals surface area (Å²) in [6.07, 6.45) is 5.41. The lowest BCUT2D eigenvalue weighted by molar-refractivity contribution is 0.138. The van der Waals surface area contributed by atoms with Gasteiger partial charge in [0.2, 0.25) is 0 Å². The van der Waals surface area contributed by atoms with Crippen molar-refractivity contribution in [2.45, 2.75) is 32.0 Å². The molecular weight excluding hydrogens is 280 g/mol. The van der Waals surface area contributed by atoms with Crippen LogP contribution in [0.25, 0.3) is 0 Å². The number of pyridine rings is 1. The van der Waals surface area contributed by atoms with Crippen molar-refractivity contribution in [3.05, 3.63) is 42.0 Å². The third-order valence-electron chi connectivity index (χ3n) is 3.84. The molecule has 0 bridgehead atoms. The molecule has 6 heteroatoms. The Labute approximate surface area is 130 Å². The molecule has 1 saturated heterocycles. The first kappa shape index (κ1) is 15.0. The van der Waals surface area contributed by atoms with Gasteiger partial charge in [0.15, 0.2) is 5.75 Å². The van der Waals surface area contributed by atoms with Crippen molar-refractivity contribution < 1.29 is 9.47 Å². The van der Waals surface area contributed by atoms with E-state index in [4.69, 9.17) is 9.47 Å². The minimum atomic E-state index is -0.0172. The summed E-state index contributed by atoms with van der Waals surface area (Å²) >= 11 is 0. The molecule has 0 aliphatic carbocycles. The number of ether oxygens (including phenoxy) is 2. The second-order valence-electron chi connectivity index (χ2n) is 5.80. The van der Waals surface area contributed by atoms with Crippen molar-refractivity contribution in [2.75, 3.05) is 13.2 Å². The molecular formula is C16H22N4O2. The lowest BCUT2D eigenvalue weighted by Crippen LogP contribution is -2.43. The Balaban J connectivity index is 1.63. The largest absolute Gasteiger partial charge is 0.483 e. The average molecular weight is 302 g/mol. The molecule has 6 nitrogen and oxygen atoms in total. The van der Waals surface area contributed by atoms with Gasteiger partial charge in [0, 0.05) is 19.3 Å². The van der Waals surface area contributed by atoms with Crippen molar-refractivity contribution in [3.63, 3.8) is 0 Å². The summed E-state index contributed by atoms with van der Waals surface area (Å²) in [5, 5.41) is 7.68. The molecule has 1 fully saturated rings. The zero-order valence-electron chi connectivity index (χ0n) is 13.2. The molecule has 3 rings (SSSR count). The number of nitrogens with zero attached hydrogens (tertiary/aromatic N) is 3. The third-order valence-corrected chi connectivity index (χ3v) is 3.84. The predicted molar refractivity (Wildman–Crippen MR) is 82.8 cm³/mol. The van der Waals surface area contributed by atoms with Crippen molar-refractivity contribution >= 4 is 0 Å². The van der Waals surface area contributed by atoms with Gasteiger partial charge in [0.1, 0.15) is 6.10 Å². The first-order chi connectivity index (χ1) is 10.6. The lowest BCUT2D eigenvalue weighted by atomic mass is 10.1. The van der Waals surface area contributed by atoms with E-state index in [0.717, 1.165) is 11.4 Å². The molecule has 0 radical (unpaired) electrons. The molecule has 0 aromatic carbocycles. The maximum Gasteiger partial charge on any atom is 0.157 e. The van der Waals surface area contributed by atoms with Crippen molar-refractivity contribution in [2.24, 2.45) is 7.05 Å². The van der Waals surface area contributed by atoms with Crippen molar-refractivity contribution in [1.29, 1.82) is 0 Å². The summed E-state index contributed by atoms with van der Waals surface area (Å²) in [4.78, 5) is 4.44. The second kappa shape index (κ2) is 6.46. The molecule has 0 saturated carbocycles. The van der Waals surface area contributed by atoms with E-state index in [1.54, 1.807) is 10.9 Å². The quantitative estimate of drug-likeness (QED) is 0.909. The smallest absolute Gasteiger partial charge is 0.157 e. The molecule has 0 amide bonds. The Morgan fingerprint density at radius 1 is 1.45 bits per heavy atom. The normalized spacial score (nSPS) is 22.7. The number of aryl methyl sites for hydroxylation is 2. The monoisotopic (exact) mass is 302 g/mol. The van der Waals surface area contributed by atoms with Gasteiger partial charge in [-0.3, -0.25) is 9.67 Å². The number of nitrogens with one attached hydrogen (secondary N) is 1. The van der Waals surface area contributed by atoms with Crippen LogP contribution in [0.1, 0.15) is 24.2 Å². The van der Waals surface area contributed by atoms with E-state index in [9.17, 15) is 0 Å². The van der Waals surface area contributed by atoms with Gasteiger partial charge in [0.05, 0.1) is 37.3 Å². The number of hydrogen-bond acceptors (Lipinski definition) is 5. The molecule has 22 heavy (non-hydrogen) atoms. The van der Waals surface area contributed by atoms with Crippen molar-refractivity contribution in [3.8, 4) is 5.75 Å². The van der Waals surface area contributed by atoms with Crippen LogP contribution in [0.5, 0.6) is 5.75 Å². The molecule has 1 N–H and O–H groups in total. The Morgan fingerprint density at radius 3 is 3.05 bits per heavy atom. The number of hydrogen-bond donors (Lipinski definition) is 1. The maximum atomic E-state index is 5.98. The zero-order chi connectivity index (χ0) is 15.5. The van der Waals surface area contributed by atoms with E-state index in [2.05, 4.69) is 35.3 Å². The van der Waals surface area contributed by atoms with Crippen LogP contribution in [0.4, 0.5) is 0 Å². The molecule has 2 aromatic heterocycles. The van der Waals surface area contributed by atoms with E-state index < -0.39 is 0 Å². The van der Waals surface area contributed by atoms with Gasteiger partial charge >= 0.3 is 0 Å². The first-order valence-electron chi connectivity index (χ1n) is 7.53. The molecule has 118 valence electrons. The number of aromatic nitrogens is 3. The summed E-state index contributed by atoms with van der Waals surface area (Å²) in [5.41, 5.74) is 2.25. The standard InChI is InChI=1S/C16H22N4O2/c1-11-4-5-17-14(6-11)12(2)19-15-9-21-10-16(15)22-13-7-18-20(3)8-13/h4-8,12,15-16,19H,9-10H2,1-3H3/t12?,15-,16+/m0/s1. The number of rotatable bonds is 5. The highest BCUT2D eigenvalue weighted by Crippen LogP contribution is 2.19. The lowest BCUT2D eigenvalue weighted by Gasteiger charge is -2.23. The van der Waals surface area contributed by atoms with Gasteiger partial charge in [-0.25, -0.2) is 0 Å². The summed E-state index contributed by atoms with van der Waals surface area (Å²) in [6.45, 7) is 5.41. The second-order valence-corrected chi connectivity index (χ2v) is 5.80. The van der Waals surface area contributed by atoms with Gasteiger partial charge in [0.25, 0.3) is 0 Å². The summed E-state index contributed by atoms with van der Waals surface area (Å²) < 4.78 is 13.3. The maximum absolute atomic E-state index is 5.98. The Kier molecular flexibility index (Phi) is 4.40. The van der Waals surface area contributed by atoms with Crippen LogP contribution in [-0.2, 0) is 11.8 Å². The van der Waals surface area contributed by atoms with E-state index in [0.29, 0.717) is 13.2 Å². The SMILES string of the molecule is Cc1ccnc(C(C)N[C@H]2COC[C@H]2Oc2cnn(C)c2)c1. The van der Waals surface area contributed by atoms with Gasteiger partial charge in [-0.05, 0) is 31.5 Å². The third kappa shape index (κ3) is 3.45. The molecule has 0 spiro atoms. The van der Waals surface area contributed by atoms with E-state index in [-0.39, 0.29) is 18.2 Å². The first-order valence-corrected chi connectivity index (χ1v) is 7.53. The summed E-state index contributed by atoms with van der Waals surface area (Å²) in [5.74, 6) is 0.770. The van der Waals surface area contributed by atoms with E-state index in [1.165, 1.54) is 5.56 Å². The molecule has 1 aliphatic rings. The minimum absolute atomic E-state index is 0.0172. The molecule has 3 heterocycles. The highest BCUT2D eigenvalue weighted by Gasteiger charge is 2.31. The topological polar surface area (TPSA) is 61.2 Å². The van der Waals surface area contributed by atoms with Gasteiger partial charge < -0.3 is 14.8 Å². The van der Waals surface area contributed by atoms with Crippen LogP contribution in [0.3, 0.4) is 0 Å². The predicted octanol–water partition coefficient (Wildman–Crippen LogP) is 1.62. The van der Waals surface area contributed by atoms with Crippen LogP contribution in [0.2, 0.25) is 0 Å². The highest BCUT2D eigenvalue weighted by atomic mass is 16.5. The van der Waals surface area contributed by atoms with Gasteiger partial charge in [-0.2, -0.15) is 5.10 Å². The average Bonchev–Trinajstić information content (AvgIpc) is 3.09. The Bertz CT molecular complexity index is 628. The highest BCUT2D eigenvalue weighted by molar-refractivity contribution is 5.17. The zero-order valence-corrected chi connectivity index (χ0v) is 13.2. The van der Waals surface area contributed by atoms with Gasteiger partial charge in [-0.15, -0.1) is 0 Å². The van der Waals surface area contributed by atoms with Crippen molar-refractivity contribution in [1.82, 2.24) is 20.1 Å².